The summed E-state index contributed by atoms with van der Waals surface area (Å²) in [4.78, 5) is 5.55. The summed E-state index contributed by atoms with van der Waals surface area (Å²) in [7, 11) is -2.03. The highest BCUT2D eigenvalue weighted by molar-refractivity contribution is 7.89. The quantitative estimate of drug-likeness (QED) is 0.353. The SMILES string of the molecule is CN=C(NCCNS(=O)(=O)c1ccccc1)NC1CCN(CC(F)(F)F)C1. The molecular formula is C16H24F3N5O2S. The average Bonchev–Trinajstić information content (AvgIpc) is 3.03. The molecule has 0 aromatic heterocycles. The number of benzene rings is 1. The van der Waals surface area contributed by atoms with Gasteiger partial charge in [-0.15, -0.1) is 0 Å². The Bertz CT molecular complexity index is 725. The van der Waals surface area contributed by atoms with E-state index < -0.39 is 22.7 Å². The Hall–Kier alpha value is -1.85. The largest absolute Gasteiger partial charge is 0.401 e. The maximum atomic E-state index is 12.4. The van der Waals surface area contributed by atoms with Gasteiger partial charge in [0.15, 0.2) is 5.96 Å². The zero-order valence-corrected chi connectivity index (χ0v) is 15.8. The van der Waals surface area contributed by atoms with Crippen molar-refractivity contribution in [2.24, 2.45) is 4.99 Å². The van der Waals surface area contributed by atoms with E-state index in [1.54, 1.807) is 25.2 Å². The van der Waals surface area contributed by atoms with Crippen molar-refractivity contribution in [2.45, 2.75) is 23.5 Å². The predicted octanol–water partition coefficient (Wildman–Crippen LogP) is 0.767. The Labute approximate surface area is 157 Å². The molecule has 1 unspecified atom stereocenters. The Morgan fingerprint density at radius 3 is 2.59 bits per heavy atom. The molecular weight excluding hydrogens is 383 g/mol. The fourth-order valence-corrected chi connectivity index (χ4v) is 3.84. The van der Waals surface area contributed by atoms with Gasteiger partial charge in [0.25, 0.3) is 0 Å². The number of guanidine groups is 1. The highest BCUT2D eigenvalue weighted by atomic mass is 32.2. The second-order valence-electron chi connectivity index (χ2n) is 6.19. The number of halogens is 3. The van der Waals surface area contributed by atoms with Gasteiger partial charge in [0.05, 0.1) is 11.4 Å². The molecule has 11 heteroatoms. The van der Waals surface area contributed by atoms with Crippen LogP contribution in [-0.2, 0) is 10.0 Å². The molecule has 2 rings (SSSR count). The Kier molecular flexibility index (Phi) is 7.45. The van der Waals surface area contributed by atoms with Crippen LogP contribution in [0.5, 0.6) is 0 Å². The highest BCUT2D eigenvalue weighted by Crippen LogP contribution is 2.19. The Morgan fingerprint density at radius 1 is 1.26 bits per heavy atom. The van der Waals surface area contributed by atoms with Gasteiger partial charge in [-0.05, 0) is 18.6 Å². The first-order chi connectivity index (χ1) is 12.7. The molecule has 3 N–H and O–H groups in total. The molecule has 0 amide bonds. The zero-order valence-electron chi connectivity index (χ0n) is 15.0. The number of rotatable bonds is 7. The Balaban J connectivity index is 1.72. The first kappa shape index (κ1) is 21.5. The van der Waals surface area contributed by atoms with E-state index in [-0.39, 0.29) is 30.6 Å². The number of hydrogen-bond donors (Lipinski definition) is 3. The van der Waals surface area contributed by atoms with Crippen molar-refractivity contribution in [2.75, 3.05) is 39.8 Å². The highest BCUT2D eigenvalue weighted by Gasteiger charge is 2.34. The van der Waals surface area contributed by atoms with Gasteiger partial charge in [-0.1, -0.05) is 18.2 Å². The molecule has 1 saturated heterocycles. The standard InChI is InChI=1S/C16H24F3N5O2S/c1-20-15(23-13-7-10-24(11-13)12-16(17,18)19)21-8-9-22-27(25,26)14-5-3-2-4-6-14/h2-6,13,22H,7-12H2,1H3,(H2,20,21,23). The summed E-state index contributed by atoms with van der Waals surface area (Å²) in [6, 6.07) is 7.88. The van der Waals surface area contributed by atoms with E-state index in [9.17, 15) is 21.6 Å². The topological polar surface area (TPSA) is 85.8 Å². The molecule has 1 aliphatic rings. The number of hydrogen-bond acceptors (Lipinski definition) is 4. The monoisotopic (exact) mass is 407 g/mol. The predicted molar refractivity (Wildman–Crippen MR) is 97.0 cm³/mol. The molecule has 0 radical (unpaired) electrons. The summed E-state index contributed by atoms with van der Waals surface area (Å²) >= 11 is 0. The molecule has 1 heterocycles. The van der Waals surface area contributed by atoms with Crippen LogP contribution in [0.3, 0.4) is 0 Å². The Morgan fingerprint density at radius 2 is 1.96 bits per heavy atom. The minimum atomic E-state index is -4.20. The van der Waals surface area contributed by atoms with Crippen LogP contribution in [0.1, 0.15) is 6.42 Å². The van der Waals surface area contributed by atoms with Crippen molar-refractivity contribution in [3.63, 3.8) is 0 Å². The van der Waals surface area contributed by atoms with E-state index in [0.717, 1.165) is 0 Å². The summed E-state index contributed by atoms with van der Waals surface area (Å²) in [6.45, 7) is 0.151. The molecule has 1 fully saturated rings. The smallest absolute Gasteiger partial charge is 0.355 e. The van der Waals surface area contributed by atoms with E-state index in [0.29, 0.717) is 18.9 Å². The van der Waals surface area contributed by atoms with Gasteiger partial charge in [-0.2, -0.15) is 13.2 Å². The molecule has 7 nitrogen and oxygen atoms in total. The summed E-state index contributed by atoms with van der Waals surface area (Å²) in [5.74, 6) is 0.424. The van der Waals surface area contributed by atoms with Gasteiger partial charge in [0, 0.05) is 39.3 Å². The van der Waals surface area contributed by atoms with Crippen molar-refractivity contribution < 1.29 is 21.6 Å². The number of alkyl halides is 3. The lowest BCUT2D eigenvalue weighted by atomic mass is 10.3. The van der Waals surface area contributed by atoms with Crippen LogP contribution in [0.2, 0.25) is 0 Å². The van der Waals surface area contributed by atoms with E-state index in [4.69, 9.17) is 0 Å². The molecule has 0 saturated carbocycles. The lowest BCUT2D eigenvalue weighted by Crippen LogP contribution is -2.47. The van der Waals surface area contributed by atoms with E-state index in [2.05, 4.69) is 20.3 Å². The van der Waals surface area contributed by atoms with Crippen LogP contribution in [0.25, 0.3) is 0 Å². The van der Waals surface area contributed by atoms with Crippen LogP contribution in [0, 0.1) is 0 Å². The third kappa shape index (κ3) is 7.35. The van der Waals surface area contributed by atoms with E-state index in [1.807, 2.05) is 0 Å². The molecule has 1 atom stereocenters. The second-order valence-corrected chi connectivity index (χ2v) is 7.96. The van der Waals surface area contributed by atoms with Crippen LogP contribution >= 0.6 is 0 Å². The number of likely N-dealkylation sites (tertiary alicyclic amines) is 1. The number of nitrogens with one attached hydrogen (secondary N) is 3. The first-order valence-electron chi connectivity index (χ1n) is 8.50. The normalized spacial score (nSPS) is 19.3. The van der Waals surface area contributed by atoms with Gasteiger partial charge >= 0.3 is 6.18 Å². The van der Waals surface area contributed by atoms with Gasteiger partial charge in [0.1, 0.15) is 0 Å². The number of sulfonamides is 1. The minimum Gasteiger partial charge on any atom is -0.355 e. The summed E-state index contributed by atoms with van der Waals surface area (Å²) in [6.07, 6.45) is -3.62. The molecule has 27 heavy (non-hydrogen) atoms. The molecule has 1 aromatic rings. The first-order valence-corrected chi connectivity index (χ1v) is 9.99. The molecule has 1 aliphatic heterocycles. The lowest BCUT2D eigenvalue weighted by molar-refractivity contribution is -0.143. The van der Waals surface area contributed by atoms with Crippen molar-refractivity contribution in [1.29, 1.82) is 0 Å². The van der Waals surface area contributed by atoms with Gasteiger partial charge in [0.2, 0.25) is 10.0 Å². The average molecular weight is 407 g/mol. The maximum Gasteiger partial charge on any atom is 0.401 e. The second kappa shape index (κ2) is 9.38. The summed E-state index contributed by atoms with van der Waals surface area (Å²) < 4.78 is 64.0. The minimum absolute atomic E-state index is 0.139. The van der Waals surface area contributed by atoms with Crippen molar-refractivity contribution in [3.8, 4) is 0 Å². The number of nitrogens with zero attached hydrogens (tertiary/aromatic N) is 2. The van der Waals surface area contributed by atoms with Crippen LogP contribution in [0.4, 0.5) is 13.2 Å². The van der Waals surface area contributed by atoms with Crippen molar-refractivity contribution in [1.82, 2.24) is 20.3 Å². The van der Waals surface area contributed by atoms with E-state index >= 15 is 0 Å². The van der Waals surface area contributed by atoms with Crippen molar-refractivity contribution in [3.05, 3.63) is 30.3 Å². The van der Waals surface area contributed by atoms with Crippen molar-refractivity contribution >= 4 is 16.0 Å². The fourth-order valence-electron chi connectivity index (χ4n) is 2.78. The maximum absolute atomic E-state index is 12.4. The fraction of sp³-hybridized carbons (Fsp3) is 0.562. The van der Waals surface area contributed by atoms with Crippen LogP contribution in [-0.4, -0.2) is 71.3 Å². The molecule has 1 aromatic carbocycles. The molecule has 0 bridgehead atoms. The molecule has 0 spiro atoms. The number of aliphatic imine (C=N–C) groups is 1. The lowest BCUT2D eigenvalue weighted by Gasteiger charge is -2.19. The molecule has 0 aliphatic carbocycles. The van der Waals surface area contributed by atoms with Gasteiger partial charge in [-0.3, -0.25) is 9.89 Å². The van der Waals surface area contributed by atoms with Gasteiger partial charge in [-0.25, -0.2) is 13.1 Å². The van der Waals surface area contributed by atoms with E-state index in [1.165, 1.54) is 17.0 Å². The molecule has 152 valence electrons. The van der Waals surface area contributed by atoms with Crippen LogP contribution < -0.4 is 15.4 Å². The van der Waals surface area contributed by atoms with Crippen LogP contribution in [0.15, 0.2) is 40.2 Å². The zero-order chi connectivity index (χ0) is 19.9. The third-order valence-electron chi connectivity index (χ3n) is 4.00. The third-order valence-corrected chi connectivity index (χ3v) is 5.48. The summed E-state index contributed by atoms with van der Waals surface area (Å²) in [5.41, 5.74) is 0. The van der Waals surface area contributed by atoms with Gasteiger partial charge < -0.3 is 10.6 Å². The summed E-state index contributed by atoms with van der Waals surface area (Å²) in [5, 5.41) is 6.02.